The van der Waals surface area contributed by atoms with Gasteiger partial charge in [0.25, 0.3) is 0 Å². The highest BCUT2D eigenvalue weighted by Crippen LogP contribution is 2.33. The van der Waals surface area contributed by atoms with Gasteiger partial charge in [-0.25, -0.2) is 0 Å². The van der Waals surface area contributed by atoms with E-state index in [2.05, 4.69) is 32.2 Å². The van der Waals surface area contributed by atoms with E-state index >= 15 is 0 Å². The van der Waals surface area contributed by atoms with Crippen LogP contribution in [0.4, 0.5) is 0 Å². The molecular formula is C14H21Cl2N. The first-order chi connectivity index (χ1) is 7.86. The van der Waals surface area contributed by atoms with Crippen molar-refractivity contribution in [1.29, 1.82) is 0 Å². The molecule has 96 valence electrons. The molecule has 0 radical (unpaired) electrons. The average Bonchev–Trinajstić information content (AvgIpc) is 2.22. The van der Waals surface area contributed by atoms with E-state index < -0.39 is 0 Å². The zero-order valence-electron chi connectivity index (χ0n) is 11.0. The highest BCUT2D eigenvalue weighted by atomic mass is 35.5. The highest BCUT2D eigenvalue weighted by molar-refractivity contribution is 6.42. The van der Waals surface area contributed by atoms with Crippen molar-refractivity contribution < 1.29 is 0 Å². The molecule has 1 aromatic rings. The first-order valence-electron chi connectivity index (χ1n) is 5.93. The maximum absolute atomic E-state index is 6.24. The summed E-state index contributed by atoms with van der Waals surface area (Å²) in [5.74, 6) is 0.531. The number of rotatable bonds is 4. The SMILES string of the molecule is CNCC(Cc1cccc(Cl)c1Cl)C(C)(C)C. The summed E-state index contributed by atoms with van der Waals surface area (Å²) in [6.07, 6.45) is 0.948. The maximum Gasteiger partial charge on any atom is 0.0624 e. The minimum absolute atomic E-state index is 0.245. The Morgan fingerprint density at radius 3 is 2.41 bits per heavy atom. The molecule has 0 spiro atoms. The van der Waals surface area contributed by atoms with E-state index in [1.165, 1.54) is 0 Å². The lowest BCUT2D eigenvalue weighted by Gasteiger charge is -2.31. The standard InChI is InChI=1S/C14H21Cl2N/c1-14(2,3)11(9-17-4)8-10-6-5-7-12(15)13(10)16/h5-7,11,17H,8-9H2,1-4H3. The minimum atomic E-state index is 0.245. The van der Waals surface area contributed by atoms with Crippen LogP contribution in [0.1, 0.15) is 26.3 Å². The van der Waals surface area contributed by atoms with Crippen molar-refractivity contribution in [2.24, 2.45) is 11.3 Å². The van der Waals surface area contributed by atoms with Gasteiger partial charge in [-0.3, -0.25) is 0 Å². The lowest BCUT2D eigenvalue weighted by Crippen LogP contribution is -2.31. The first kappa shape index (κ1) is 14.8. The van der Waals surface area contributed by atoms with E-state index in [0.29, 0.717) is 16.0 Å². The van der Waals surface area contributed by atoms with Crippen LogP contribution in [0, 0.1) is 11.3 Å². The highest BCUT2D eigenvalue weighted by Gasteiger charge is 2.25. The van der Waals surface area contributed by atoms with Crippen LogP contribution in [0.25, 0.3) is 0 Å². The third-order valence-electron chi connectivity index (χ3n) is 3.17. The van der Waals surface area contributed by atoms with Gasteiger partial charge < -0.3 is 5.32 Å². The van der Waals surface area contributed by atoms with Crippen molar-refractivity contribution in [2.75, 3.05) is 13.6 Å². The van der Waals surface area contributed by atoms with Crippen LogP contribution in [0.15, 0.2) is 18.2 Å². The number of hydrogen-bond donors (Lipinski definition) is 1. The number of halogens is 2. The van der Waals surface area contributed by atoms with Gasteiger partial charge >= 0.3 is 0 Å². The molecule has 0 saturated carbocycles. The second-order valence-corrected chi connectivity index (χ2v) is 6.32. The van der Waals surface area contributed by atoms with Crippen molar-refractivity contribution >= 4 is 23.2 Å². The van der Waals surface area contributed by atoms with Crippen LogP contribution in [-0.4, -0.2) is 13.6 Å². The molecule has 1 N–H and O–H groups in total. The van der Waals surface area contributed by atoms with E-state index in [4.69, 9.17) is 23.2 Å². The fraction of sp³-hybridized carbons (Fsp3) is 0.571. The van der Waals surface area contributed by atoms with Gasteiger partial charge in [-0.2, -0.15) is 0 Å². The Balaban J connectivity index is 2.90. The molecule has 1 unspecified atom stereocenters. The van der Waals surface area contributed by atoms with Crippen molar-refractivity contribution in [1.82, 2.24) is 5.32 Å². The van der Waals surface area contributed by atoms with E-state index in [1.54, 1.807) is 0 Å². The summed E-state index contributed by atoms with van der Waals surface area (Å²) in [5.41, 5.74) is 1.38. The Morgan fingerprint density at radius 2 is 1.88 bits per heavy atom. The van der Waals surface area contributed by atoms with Gasteiger partial charge in [0.15, 0.2) is 0 Å². The Bertz CT molecular complexity index is 369. The largest absolute Gasteiger partial charge is 0.319 e. The zero-order chi connectivity index (χ0) is 13.1. The molecule has 0 aliphatic heterocycles. The Kier molecular flexibility index (Phi) is 5.30. The third-order valence-corrected chi connectivity index (χ3v) is 4.03. The minimum Gasteiger partial charge on any atom is -0.319 e. The van der Waals surface area contributed by atoms with Gasteiger partial charge in [0.1, 0.15) is 0 Å². The molecule has 0 bridgehead atoms. The Morgan fingerprint density at radius 1 is 1.24 bits per heavy atom. The summed E-state index contributed by atoms with van der Waals surface area (Å²) in [4.78, 5) is 0. The van der Waals surface area contributed by atoms with Crippen molar-refractivity contribution in [3.8, 4) is 0 Å². The first-order valence-corrected chi connectivity index (χ1v) is 6.69. The summed E-state index contributed by atoms with van der Waals surface area (Å²) in [6, 6.07) is 5.85. The van der Waals surface area contributed by atoms with E-state index in [1.807, 2.05) is 19.2 Å². The van der Waals surface area contributed by atoms with Gasteiger partial charge in [0.2, 0.25) is 0 Å². The van der Waals surface area contributed by atoms with Gasteiger partial charge in [-0.05, 0) is 43.0 Å². The molecule has 1 nitrogen and oxygen atoms in total. The second kappa shape index (κ2) is 6.08. The number of benzene rings is 1. The molecule has 1 rings (SSSR count). The van der Waals surface area contributed by atoms with Crippen LogP contribution < -0.4 is 5.32 Å². The van der Waals surface area contributed by atoms with Gasteiger partial charge in [-0.15, -0.1) is 0 Å². The quantitative estimate of drug-likeness (QED) is 0.857. The molecule has 1 atom stereocenters. The lowest BCUT2D eigenvalue weighted by atomic mass is 9.77. The van der Waals surface area contributed by atoms with Crippen LogP contribution in [-0.2, 0) is 6.42 Å². The summed E-state index contributed by atoms with van der Waals surface area (Å²) in [5, 5.41) is 4.59. The Labute approximate surface area is 115 Å². The Hall–Kier alpha value is -0.240. The van der Waals surface area contributed by atoms with Crippen LogP contribution in [0.5, 0.6) is 0 Å². The summed E-state index contributed by atoms with van der Waals surface area (Å²) in [7, 11) is 1.98. The topological polar surface area (TPSA) is 12.0 Å². The molecule has 0 aromatic heterocycles. The van der Waals surface area contributed by atoms with Crippen LogP contribution in [0.3, 0.4) is 0 Å². The van der Waals surface area contributed by atoms with Crippen molar-refractivity contribution in [2.45, 2.75) is 27.2 Å². The molecule has 1 aromatic carbocycles. The predicted octanol–water partition coefficient (Wildman–Crippen LogP) is 4.42. The summed E-state index contributed by atoms with van der Waals surface area (Å²) < 4.78 is 0. The molecule has 0 saturated heterocycles. The molecule has 0 aliphatic rings. The normalized spacial score (nSPS) is 13.8. The predicted molar refractivity (Wildman–Crippen MR) is 77.0 cm³/mol. The smallest absolute Gasteiger partial charge is 0.0624 e. The second-order valence-electron chi connectivity index (χ2n) is 5.54. The fourth-order valence-electron chi connectivity index (χ4n) is 1.90. The van der Waals surface area contributed by atoms with E-state index in [9.17, 15) is 0 Å². The summed E-state index contributed by atoms with van der Waals surface area (Å²) in [6.45, 7) is 7.75. The molecule has 0 aliphatic carbocycles. The lowest BCUT2D eigenvalue weighted by molar-refractivity contribution is 0.235. The molecule has 0 heterocycles. The van der Waals surface area contributed by atoms with Crippen LogP contribution >= 0.6 is 23.2 Å². The van der Waals surface area contributed by atoms with Crippen molar-refractivity contribution in [3.05, 3.63) is 33.8 Å². The zero-order valence-corrected chi connectivity index (χ0v) is 12.5. The average molecular weight is 274 g/mol. The summed E-state index contributed by atoms with van der Waals surface area (Å²) >= 11 is 12.3. The van der Waals surface area contributed by atoms with Crippen LogP contribution in [0.2, 0.25) is 10.0 Å². The molecule has 17 heavy (non-hydrogen) atoms. The van der Waals surface area contributed by atoms with Gasteiger partial charge in [0.05, 0.1) is 10.0 Å². The van der Waals surface area contributed by atoms with E-state index in [-0.39, 0.29) is 5.41 Å². The maximum atomic E-state index is 6.24. The van der Waals surface area contributed by atoms with E-state index in [0.717, 1.165) is 18.5 Å². The van der Waals surface area contributed by atoms with Gasteiger partial charge in [0, 0.05) is 0 Å². The monoisotopic (exact) mass is 273 g/mol. The van der Waals surface area contributed by atoms with Crippen molar-refractivity contribution in [3.63, 3.8) is 0 Å². The fourth-order valence-corrected chi connectivity index (χ4v) is 2.30. The molecular weight excluding hydrogens is 253 g/mol. The third kappa shape index (κ3) is 4.17. The number of hydrogen-bond acceptors (Lipinski definition) is 1. The molecule has 3 heteroatoms. The molecule has 0 amide bonds. The van der Waals surface area contributed by atoms with Gasteiger partial charge in [-0.1, -0.05) is 56.1 Å². The molecule has 0 fully saturated rings. The number of nitrogens with one attached hydrogen (secondary N) is 1.